The lowest BCUT2D eigenvalue weighted by molar-refractivity contribution is -0.140. The van der Waals surface area contributed by atoms with Gasteiger partial charge < -0.3 is 92.9 Å². The van der Waals surface area contributed by atoms with Gasteiger partial charge in [-0.05, 0) is 166 Å². The van der Waals surface area contributed by atoms with Crippen LogP contribution in [-0.4, -0.2) is 224 Å². The minimum Gasteiger partial charge on any atom is -0.370 e. The van der Waals surface area contributed by atoms with Crippen molar-refractivity contribution < 1.29 is 67.5 Å². The van der Waals surface area contributed by atoms with Crippen LogP contribution in [0.3, 0.4) is 0 Å². The molecule has 25 N–H and O–H groups in total. The highest BCUT2D eigenvalue weighted by molar-refractivity contribution is 5.98. The maximum Gasteiger partial charge on any atom is 0.243 e. The average Bonchev–Trinajstić information content (AvgIpc) is 1.66. The lowest BCUT2D eigenvalue weighted by atomic mass is 9.90. The first kappa shape index (κ1) is 90.3. The second-order valence-electron chi connectivity index (χ2n) is 27.0. The highest BCUT2D eigenvalue weighted by Crippen LogP contribution is 2.23. The van der Waals surface area contributed by atoms with E-state index in [-0.39, 0.29) is 109 Å². The molecule has 0 spiro atoms. The molecule has 1 saturated heterocycles. The number of aryl methyl sites for hydroxylation is 2. The first-order valence-electron chi connectivity index (χ1n) is 37.2. The number of nitrogens with zero attached hydrogens (tertiary/aromatic N) is 8. The molecule has 1 fully saturated rings. The van der Waals surface area contributed by atoms with Crippen molar-refractivity contribution in [1.82, 2.24) is 88.2 Å². The second-order valence-corrected chi connectivity index (χ2v) is 27.0. The molecule has 0 radical (unpaired) electrons. The van der Waals surface area contributed by atoms with Gasteiger partial charge >= 0.3 is 0 Å². The van der Waals surface area contributed by atoms with Crippen molar-refractivity contribution in [2.24, 2.45) is 57.0 Å². The highest BCUT2D eigenvalue weighted by atomic mass is 16.5. The topological polar surface area (TPSA) is 622 Å². The monoisotopic (exact) mass is 1520 g/mol. The summed E-state index contributed by atoms with van der Waals surface area (Å²) >= 11 is 0. The lowest BCUT2D eigenvalue weighted by Crippen LogP contribution is -2.59. The number of amides is 12. The zero-order valence-electron chi connectivity index (χ0n) is 62.2. The van der Waals surface area contributed by atoms with E-state index >= 15 is 0 Å². The zero-order chi connectivity index (χ0) is 79.3. The highest BCUT2D eigenvalue weighted by Gasteiger charge is 2.38. The molecule has 39 nitrogen and oxygen atoms in total. The number of guanidine groups is 1. The van der Waals surface area contributed by atoms with E-state index in [9.17, 15) is 62.3 Å². The summed E-state index contributed by atoms with van der Waals surface area (Å²) in [6, 6.07) is 0.214. The summed E-state index contributed by atoms with van der Waals surface area (Å²) in [6.45, 7) is 3.27. The van der Waals surface area contributed by atoms with Crippen LogP contribution in [0.5, 0.6) is 0 Å². The van der Waals surface area contributed by atoms with Crippen molar-refractivity contribution in [2.45, 2.75) is 211 Å². The first-order valence-corrected chi connectivity index (χ1v) is 37.2. The largest absolute Gasteiger partial charge is 0.370 e. The maximum atomic E-state index is 14.6. The van der Waals surface area contributed by atoms with Gasteiger partial charge in [-0.15, -0.1) is 10.2 Å². The van der Waals surface area contributed by atoms with E-state index in [0.717, 1.165) is 24.1 Å². The van der Waals surface area contributed by atoms with Crippen LogP contribution in [-0.2, 0) is 75.3 Å². The van der Waals surface area contributed by atoms with Gasteiger partial charge in [0.05, 0.1) is 56.0 Å². The summed E-state index contributed by atoms with van der Waals surface area (Å²) in [5.41, 5.74) is 44.2. The Hall–Kier alpha value is -10.1. The third-order valence-corrected chi connectivity index (χ3v) is 17.9. The minimum absolute atomic E-state index is 0.0363. The maximum absolute atomic E-state index is 14.6. The number of primary amides is 1. The molecule has 0 bridgehead atoms. The van der Waals surface area contributed by atoms with E-state index in [4.69, 9.17) is 45.3 Å². The Balaban J connectivity index is 1.37. The van der Waals surface area contributed by atoms with Crippen LogP contribution >= 0.6 is 0 Å². The summed E-state index contributed by atoms with van der Waals surface area (Å²) in [5.74, 6) is -10.3. The predicted octanol–water partition coefficient (Wildman–Crippen LogP) is -3.92. The molecule has 1 aliphatic heterocycles. The van der Waals surface area contributed by atoms with Crippen LogP contribution in [0.1, 0.15) is 167 Å². The van der Waals surface area contributed by atoms with Crippen LogP contribution in [0.25, 0.3) is 16.9 Å². The van der Waals surface area contributed by atoms with Gasteiger partial charge in [0, 0.05) is 50.4 Å². The fraction of sp³-hybridized carbons (Fsp3) is 0.652. The number of hydrogen-bond donors (Lipinski definition) is 18. The van der Waals surface area contributed by atoms with Gasteiger partial charge in [-0.1, -0.05) is 49.2 Å². The van der Waals surface area contributed by atoms with Gasteiger partial charge in [-0.2, -0.15) is 0 Å². The van der Waals surface area contributed by atoms with E-state index in [1.54, 1.807) is 34.9 Å². The summed E-state index contributed by atoms with van der Waals surface area (Å²) in [6.07, 6.45) is 11.0. The Kier molecular flexibility index (Phi) is 42.2. The first-order chi connectivity index (χ1) is 51.8. The van der Waals surface area contributed by atoms with Crippen molar-refractivity contribution in [3.63, 3.8) is 0 Å². The number of carbonyl (C=O) groups is 13. The summed E-state index contributed by atoms with van der Waals surface area (Å²) in [7, 11) is 0. The number of unbranched alkanes of at least 4 members (excludes halogenated alkanes) is 6. The van der Waals surface area contributed by atoms with Crippen LogP contribution in [0.15, 0.2) is 41.7 Å². The lowest BCUT2D eigenvalue weighted by Gasteiger charge is -2.28. The number of rotatable bonds is 55. The van der Waals surface area contributed by atoms with Gasteiger partial charge in [0.25, 0.3) is 0 Å². The number of ketones is 1. The molecule has 12 amide bonds. The number of aliphatic imine (C=N–C) groups is 1. The van der Waals surface area contributed by atoms with Gasteiger partial charge in [0.15, 0.2) is 11.7 Å². The van der Waals surface area contributed by atoms with Crippen LogP contribution < -0.4 is 93.5 Å². The van der Waals surface area contributed by atoms with Crippen LogP contribution in [0, 0.1) is 11.8 Å². The number of nitrogens with one attached hydrogen (secondary N) is 10. The molecule has 7 atom stereocenters. The third kappa shape index (κ3) is 34.2. The van der Waals surface area contributed by atoms with Crippen molar-refractivity contribution in [3.05, 3.63) is 42.4 Å². The van der Waals surface area contributed by atoms with E-state index in [2.05, 4.69) is 73.5 Å². The number of aromatic nitrogens is 6. The fourth-order valence-electron chi connectivity index (χ4n) is 11.8. The van der Waals surface area contributed by atoms with E-state index in [1.165, 1.54) is 4.90 Å². The number of Topliss-reactive ketones (excluding diaryl/α,β-unsaturated/α-hetero) is 1. The second kappa shape index (κ2) is 50.4. The predicted molar refractivity (Wildman–Crippen MR) is 397 cm³/mol. The van der Waals surface area contributed by atoms with E-state index < -0.39 is 151 Å². The smallest absolute Gasteiger partial charge is 0.243 e. The Morgan fingerprint density at radius 1 is 0.546 bits per heavy atom. The van der Waals surface area contributed by atoms with Gasteiger partial charge in [0.2, 0.25) is 70.9 Å². The molecule has 0 saturated carbocycles. The molecule has 2 aromatic heterocycles. The van der Waals surface area contributed by atoms with Crippen LogP contribution in [0.2, 0.25) is 0 Å². The number of carbonyl (C=O) groups excluding carboxylic acids is 13. The number of nitrogens with two attached hydrogens (primary N) is 7. The molecule has 3 aromatic rings. The van der Waals surface area contributed by atoms with Crippen molar-refractivity contribution >= 4 is 82.6 Å². The number of hydroxylamine groups is 1. The standard InChI is InChI=1S/C69H115N25O14/c1-44(2)62(68(107)81-40-60(100)78-38-56(74)96)86-66(105)51(21-8-12-33-73)84-65(104)52(22-15-34-77-69(75)76)85-64(103)50(20-7-11-32-72)83-63(102)46(17-5-9-30-70)37-55(95)49(19-6-10-31-71)82-67(106)54-23-16-36-93(54)61(101)41-80-59(99)39-79-57(97)25-14-18-47-42-94(91-87-47)48-28-26-45(27-29-48)53-43-92(90-88-53)35-13-3-4-24-58(98)89-108/h26-29,42-44,46,49-52,54,62,108H,3-25,30-41,70-73H2,1-2H3,(H2,74,96)(H,78,100)(H,79,97)(H,80,99)(H,81,107)(H,82,106)(H,83,102)(H,84,104)(H,85,103)(H,86,105)(H,89,98)(H4,75,76,77)/t46-,49+,50+,51+,52+,54+,62+/m1/s1. The molecular formula is C69H115N25O14. The zero-order valence-corrected chi connectivity index (χ0v) is 62.2. The number of hydrogen-bond acceptors (Lipinski definition) is 23. The Bertz CT molecular complexity index is 3400. The average molecular weight is 1520 g/mol. The van der Waals surface area contributed by atoms with Crippen molar-refractivity contribution in [1.29, 1.82) is 0 Å². The molecule has 1 aromatic carbocycles. The molecular weight excluding hydrogens is 1400 g/mol. The summed E-state index contributed by atoms with van der Waals surface area (Å²) < 4.78 is 3.34. The third-order valence-electron chi connectivity index (χ3n) is 17.9. The molecule has 108 heavy (non-hydrogen) atoms. The number of benzene rings is 1. The Morgan fingerprint density at radius 2 is 1.10 bits per heavy atom. The molecule has 4 rings (SSSR count). The van der Waals surface area contributed by atoms with Gasteiger partial charge in [-0.25, -0.2) is 10.2 Å². The number of likely N-dealkylation sites (tertiary alicyclic amines) is 1. The summed E-state index contributed by atoms with van der Waals surface area (Å²) in [5, 5.41) is 49.1. The van der Waals surface area contributed by atoms with Crippen molar-refractivity contribution in [3.8, 4) is 16.9 Å². The molecule has 3 heterocycles. The van der Waals surface area contributed by atoms with E-state index in [0.29, 0.717) is 95.0 Å². The Labute approximate surface area is 628 Å². The Morgan fingerprint density at radius 3 is 1.69 bits per heavy atom. The molecule has 0 unspecified atom stereocenters. The van der Waals surface area contributed by atoms with Gasteiger partial charge in [0.1, 0.15) is 35.9 Å². The molecule has 39 heteroatoms. The molecule has 600 valence electrons. The van der Waals surface area contributed by atoms with Gasteiger partial charge in [-0.3, -0.25) is 77.2 Å². The summed E-state index contributed by atoms with van der Waals surface area (Å²) in [4.78, 5) is 179. The van der Waals surface area contributed by atoms with Crippen LogP contribution in [0.4, 0.5) is 0 Å². The fourth-order valence-corrected chi connectivity index (χ4v) is 11.8. The molecule has 1 aliphatic rings. The van der Waals surface area contributed by atoms with E-state index in [1.807, 2.05) is 30.5 Å². The SMILES string of the molecule is CC(C)[C@H](NC(=O)[C@H](CCCCN)NC(=O)[C@H](CCCN=C(N)N)NC(=O)[C@H](CCCCN)NC(=O)[C@H](CCCCN)CC(=O)[C@H](CCCCN)NC(=O)[C@@H]1CCCN1C(=O)CNC(=O)CNC(=O)CCCc1cn(-c2ccc(-c3cn(CCCCCC(=O)NO)nn3)cc2)nn1)C(=O)NCC(=O)NCC(N)=O. The molecule has 0 aliphatic carbocycles. The quantitative estimate of drug-likeness (QED) is 0.00844. The van der Waals surface area contributed by atoms with Crippen molar-refractivity contribution in [2.75, 3.05) is 65.4 Å². The normalized spacial score (nSPS) is 14.2. The minimum atomic E-state index is -1.36.